The Bertz CT molecular complexity index is 433. The maximum atomic E-state index is 11.3. The lowest BCUT2D eigenvalue weighted by atomic mass is 10.00. The number of terminal acetylenes is 1. The molecule has 0 amide bonds. The number of esters is 1. The van der Waals surface area contributed by atoms with Gasteiger partial charge in [0.25, 0.3) is 0 Å². The first-order chi connectivity index (χ1) is 9.99. The fraction of sp³-hybridized carbons (Fsp3) is 0.526. The molecular weight excluding hydrogens is 260 g/mol. The molecule has 0 aromatic rings. The summed E-state index contributed by atoms with van der Waals surface area (Å²) < 4.78 is 4.78. The minimum atomic E-state index is -0.386. The van der Waals surface area contributed by atoms with Gasteiger partial charge in [0.05, 0.1) is 0 Å². The predicted octanol–water partition coefficient (Wildman–Crippen LogP) is 4.83. The van der Waals surface area contributed by atoms with Gasteiger partial charge in [0.1, 0.15) is 0 Å². The summed E-state index contributed by atoms with van der Waals surface area (Å²) in [6.07, 6.45) is 17.4. The molecule has 0 N–H and O–H groups in total. The lowest BCUT2D eigenvalue weighted by molar-refractivity contribution is -0.136. The monoisotopic (exact) mass is 288 g/mol. The van der Waals surface area contributed by atoms with Crippen molar-refractivity contribution in [3.8, 4) is 12.3 Å². The summed E-state index contributed by atoms with van der Waals surface area (Å²) in [5, 5.41) is 0. The molecule has 0 aromatic heterocycles. The molecule has 116 valence electrons. The van der Waals surface area contributed by atoms with Gasteiger partial charge in [-0.15, -0.1) is 6.42 Å². The second-order valence-corrected chi connectivity index (χ2v) is 5.42. The quantitative estimate of drug-likeness (QED) is 0.200. The molecule has 0 aliphatic rings. The molecular formula is C19H28O2. The van der Waals surface area contributed by atoms with E-state index in [1.54, 1.807) is 0 Å². The van der Waals surface area contributed by atoms with Crippen molar-refractivity contribution in [2.45, 2.75) is 53.4 Å². The molecule has 2 heteroatoms. The molecule has 0 spiro atoms. The van der Waals surface area contributed by atoms with E-state index in [0.717, 1.165) is 24.8 Å². The minimum absolute atomic E-state index is 0.0219. The molecule has 0 radical (unpaired) electrons. The molecule has 0 saturated heterocycles. The van der Waals surface area contributed by atoms with Gasteiger partial charge in [0.2, 0.25) is 0 Å². The fourth-order valence-electron chi connectivity index (χ4n) is 1.75. The Hall–Kier alpha value is -1.75. The normalized spacial score (nSPS) is 14.0. The highest BCUT2D eigenvalue weighted by molar-refractivity contribution is 5.83. The van der Waals surface area contributed by atoms with Crippen LogP contribution in [-0.2, 0) is 9.53 Å². The zero-order chi connectivity index (χ0) is 16.1. The van der Waals surface area contributed by atoms with Crippen LogP contribution in [0.3, 0.4) is 0 Å². The molecule has 1 atom stereocenters. The lowest BCUT2D eigenvalue weighted by Gasteiger charge is -2.06. The van der Waals surface area contributed by atoms with Crippen molar-refractivity contribution in [1.82, 2.24) is 0 Å². The van der Waals surface area contributed by atoms with Crippen molar-refractivity contribution < 1.29 is 9.53 Å². The molecule has 21 heavy (non-hydrogen) atoms. The second kappa shape index (κ2) is 12.0. The number of rotatable bonds is 9. The molecule has 0 fully saturated rings. The van der Waals surface area contributed by atoms with E-state index < -0.39 is 0 Å². The minimum Gasteiger partial charge on any atom is -0.449 e. The van der Waals surface area contributed by atoms with Gasteiger partial charge in [-0.05, 0) is 51.0 Å². The van der Waals surface area contributed by atoms with Crippen LogP contribution < -0.4 is 0 Å². The number of hydrogen-bond donors (Lipinski definition) is 0. The van der Waals surface area contributed by atoms with Crippen LogP contribution in [0.4, 0.5) is 0 Å². The van der Waals surface area contributed by atoms with Crippen LogP contribution in [0.15, 0.2) is 35.5 Å². The Labute approximate surface area is 130 Å². The van der Waals surface area contributed by atoms with Crippen molar-refractivity contribution in [2.24, 2.45) is 5.92 Å². The fourth-order valence-corrected chi connectivity index (χ4v) is 1.75. The first-order valence-corrected chi connectivity index (χ1v) is 7.60. The summed E-state index contributed by atoms with van der Waals surface area (Å²) >= 11 is 0. The van der Waals surface area contributed by atoms with E-state index in [4.69, 9.17) is 11.2 Å². The number of hydrogen-bond acceptors (Lipinski definition) is 2. The zero-order valence-corrected chi connectivity index (χ0v) is 13.8. The highest BCUT2D eigenvalue weighted by atomic mass is 16.5. The molecule has 0 saturated carbocycles. The third-order valence-corrected chi connectivity index (χ3v) is 3.27. The van der Waals surface area contributed by atoms with Crippen molar-refractivity contribution in [1.29, 1.82) is 0 Å². The Morgan fingerprint density at radius 2 is 2.10 bits per heavy atom. The average Bonchev–Trinajstić information content (AvgIpc) is 2.44. The maximum absolute atomic E-state index is 11.3. The molecule has 2 nitrogen and oxygen atoms in total. The number of ether oxygens (including phenoxy) is 1. The van der Waals surface area contributed by atoms with Gasteiger partial charge in [-0.25, -0.2) is 4.79 Å². The van der Waals surface area contributed by atoms with Crippen LogP contribution in [0.5, 0.6) is 0 Å². The smallest absolute Gasteiger partial charge is 0.331 e. The van der Waals surface area contributed by atoms with Crippen molar-refractivity contribution >= 4 is 5.97 Å². The topological polar surface area (TPSA) is 26.3 Å². The second-order valence-electron chi connectivity index (χ2n) is 5.42. The molecule has 0 aliphatic carbocycles. The summed E-state index contributed by atoms with van der Waals surface area (Å²) in [6.45, 7) is 8.51. The summed E-state index contributed by atoms with van der Waals surface area (Å²) in [4.78, 5) is 11.3. The number of carbonyl (C=O) groups excluding carboxylic acids is 1. The highest BCUT2D eigenvalue weighted by Crippen LogP contribution is 2.13. The predicted molar refractivity (Wildman–Crippen MR) is 89.8 cm³/mol. The van der Waals surface area contributed by atoms with Crippen molar-refractivity contribution in [3.05, 3.63) is 35.5 Å². The summed E-state index contributed by atoms with van der Waals surface area (Å²) in [5.74, 6) is 2.52. The van der Waals surface area contributed by atoms with Crippen molar-refractivity contribution in [2.75, 3.05) is 6.61 Å². The van der Waals surface area contributed by atoms with Crippen LogP contribution in [0.25, 0.3) is 0 Å². The summed E-state index contributed by atoms with van der Waals surface area (Å²) in [6, 6.07) is 0. The van der Waals surface area contributed by atoms with E-state index in [-0.39, 0.29) is 12.6 Å². The van der Waals surface area contributed by atoms with E-state index in [2.05, 4.69) is 38.8 Å². The Morgan fingerprint density at radius 1 is 1.38 bits per heavy atom. The maximum Gasteiger partial charge on any atom is 0.331 e. The van der Waals surface area contributed by atoms with Gasteiger partial charge >= 0.3 is 5.97 Å². The van der Waals surface area contributed by atoms with E-state index in [1.165, 1.54) is 18.1 Å². The Kier molecular flexibility index (Phi) is 11.0. The first kappa shape index (κ1) is 19.2. The van der Waals surface area contributed by atoms with Gasteiger partial charge < -0.3 is 4.74 Å². The number of carbonyl (C=O) groups is 1. The van der Waals surface area contributed by atoms with Crippen LogP contribution in [0.2, 0.25) is 0 Å². The van der Waals surface area contributed by atoms with Gasteiger partial charge in [0, 0.05) is 6.08 Å². The van der Waals surface area contributed by atoms with Gasteiger partial charge in [-0.2, -0.15) is 0 Å². The van der Waals surface area contributed by atoms with Gasteiger partial charge in [0.15, 0.2) is 6.61 Å². The highest BCUT2D eigenvalue weighted by Gasteiger charge is 1.99. The zero-order valence-electron chi connectivity index (χ0n) is 13.8. The molecule has 0 rings (SSSR count). The van der Waals surface area contributed by atoms with Gasteiger partial charge in [-0.1, -0.05) is 43.6 Å². The third kappa shape index (κ3) is 11.8. The average molecular weight is 288 g/mol. The van der Waals surface area contributed by atoms with E-state index in [9.17, 15) is 4.79 Å². The standard InChI is InChI=1S/C19H28O2/c1-6-14-21-19(20)15-18(5)13-9-12-17(4)11-8-10-16(3)7-2/h1,9-10,13,15,17H,7-8,11-12,14H2,2-5H3. The third-order valence-electron chi connectivity index (χ3n) is 3.27. The van der Waals surface area contributed by atoms with Crippen molar-refractivity contribution in [3.63, 3.8) is 0 Å². The van der Waals surface area contributed by atoms with Crippen LogP contribution >= 0.6 is 0 Å². The van der Waals surface area contributed by atoms with Gasteiger partial charge in [-0.3, -0.25) is 0 Å². The van der Waals surface area contributed by atoms with Crippen LogP contribution in [-0.4, -0.2) is 12.6 Å². The Balaban J connectivity index is 4.05. The lowest BCUT2D eigenvalue weighted by Crippen LogP contribution is -2.00. The molecule has 0 aliphatic heterocycles. The molecule has 0 heterocycles. The molecule has 0 bridgehead atoms. The number of allylic oxidation sites excluding steroid dienone is 5. The Morgan fingerprint density at radius 3 is 2.71 bits per heavy atom. The van der Waals surface area contributed by atoms with Crippen LogP contribution in [0.1, 0.15) is 53.4 Å². The van der Waals surface area contributed by atoms with E-state index >= 15 is 0 Å². The first-order valence-electron chi connectivity index (χ1n) is 7.60. The molecule has 0 aromatic carbocycles. The summed E-state index contributed by atoms with van der Waals surface area (Å²) in [5.41, 5.74) is 2.34. The SMILES string of the molecule is C#CCOC(=O)C=C(C)C=CCC(C)CCC=C(C)CC. The van der Waals surface area contributed by atoms with Crippen LogP contribution in [0, 0.1) is 18.3 Å². The van der Waals surface area contributed by atoms with E-state index in [0.29, 0.717) is 5.92 Å². The molecule has 1 unspecified atom stereocenters. The van der Waals surface area contributed by atoms with E-state index in [1.807, 2.05) is 13.0 Å². The largest absolute Gasteiger partial charge is 0.449 e. The summed E-state index contributed by atoms with van der Waals surface area (Å²) in [7, 11) is 0.